The lowest BCUT2D eigenvalue weighted by molar-refractivity contribution is 0.148. The minimum Gasteiger partial charge on any atom is -0.312 e. The zero-order chi connectivity index (χ0) is 14.9. The second-order valence-electron chi connectivity index (χ2n) is 8.18. The van der Waals surface area contributed by atoms with Crippen LogP contribution in [-0.2, 0) is 0 Å². The van der Waals surface area contributed by atoms with Gasteiger partial charge in [-0.25, -0.2) is 0 Å². The Morgan fingerprint density at radius 3 is 2.05 bits per heavy atom. The fourth-order valence-electron chi connectivity index (χ4n) is 3.55. The maximum absolute atomic E-state index is 3.79. The number of hydrogen-bond donors (Lipinski definition) is 1. The zero-order valence-electron chi connectivity index (χ0n) is 14.7. The summed E-state index contributed by atoms with van der Waals surface area (Å²) in [6, 6.07) is 0. The van der Waals surface area contributed by atoms with Gasteiger partial charge in [0.15, 0.2) is 0 Å². The molecule has 20 heavy (non-hydrogen) atoms. The molecule has 1 aliphatic rings. The lowest BCUT2D eigenvalue weighted by Gasteiger charge is -2.40. The highest BCUT2D eigenvalue weighted by Crippen LogP contribution is 2.40. The van der Waals surface area contributed by atoms with Crippen molar-refractivity contribution in [3.05, 3.63) is 0 Å². The van der Waals surface area contributed by atoms with Crippen LogP contribution in [0.25, 0.3) is 0 Å². The van der Waals surface area contributed by atoms with E-state index in [2.05, 4.69) is 33.0 Å². The van der Waals surface area contributed by atoms with Crippen LogP contribution in [0, 0.1) is 5.41 Å². The lowest BCUT2D eigenvalue weighted by Crippen LogP contribution is -2.44. The van der Waals surface area contributed by atoms with E-state index in [1.165, 1.54) is 83.6 Å². The van der Waals surface area contributed by atoms with Crippen LogP contribution in [0.15, 0.2) is 0 Å². The molecule has 0 atom stereocenters. The molecule has 0 saturated heterocycles. The second-order valence-corrected chi connectivity index (χ2v) is 8.18. The van der Waals surface area contributed by atoms with E-state index in [0.29, 0.717) is 5.41 Å². The van der Waals surface area contributed by atoms with Crippen LogP contribution in [0.3, 0.4) is 0 Å². The van der Waals surface area contributed by atoms with Crippen molar-refractivity contribution in [2.24, 2.45) is 5.41 Å². The quantitative estimate of drug-likeness (QED) is 0.505. The molecule has 1 rings (SSSR count). The Kier molecular flexibility index (Phi) is 8.17. The van der Waals surface area contributed by atoms with Gasteiger partial charge < -0.3 is 5.32 Å². The van der Waals surface area contributed by atoms with E-state index in [1.807, 2.05) is 0 Å². The third-order valence-electron chi connectivity index (χ3n) is 4.97. The minimum absolute atomic E-state index is 0.269. The van der Waals surface area contributed by atoms with Gasteiger partial charge in [-0.2, -0.15) is 0 Å². The lowest BCUT2D eigenvalue weighted by atomic mass is 9.70. The third kappa shape index (κ3) is 7.67. The third-order valence-corrected chi connectivity index (χ3v) is 4.97. The Bertz CT molecular complexity index is 233. The predicted molar refractivity (Wildman–Crippen MR) is 91.3 cm³/mol. The molecule has 1 N–H and O–H groups in total. The monoisotopic (exact) mass is 281 g/mol. The summed E-state index contributed by atoms with van der Waals surface area (Å²) in [6.45, 7) is 10.4. The standard InChI is InChI=1S/C19H39N/c1-5-6-7-8-9-11-14-19(15-12-10-13-16-19)17-20-18(2,3)4/h20H,5-17H2,1-4H3. The molecule has 1 saturated carbocycles. The molecule has 0 aromatic heterocycles. The number of hydrogen-bond acceptors (Lipinski definition) is 1. The molecule has 0 spiro atoms. The molecule has 1 heteroatoms. The summed E-state index contributed by atoms with van der Waals surface area (Å²) in [7, 11) is 0. The van der Waals surface area contributed by atoms with Crippen molar-refractivity contribution in [2.45, 2.75) is 110 Å². The van der Waals surface area contributed by atoms with Gasteiger partial charge in [-0.1, -0.05) is 64.7 Å². The highest BCUT2D eigenvalue weighted by Gasteiger charge is 2.32. The Morgan fingerprint density at radius 2 is 1.45 bits per heavy atom. The summed E-state index contributed by atoms with van der Waals surface area (Å²) in [4.78, 5) is 0. The highest BCUT2D eigenvalue weighted by atomic mass is 15.0. The molecule has 1 aliphatic carbocycles. The van der Waals surface area contributed by atoms with Crippen LogP contribution in [-0.4, -0.2) is 12.1 Å². The van der Waals surface area contributed by atoms with Crippen LogP contribution < -0.4 is 5.32 Å². The topological polar surface area (TPSA) is 12.0 Å². The van der Waals surface area contributed by atoms with Crippen LogP contribution in [0.2, 0.25) is 0 Å². The molecule has 0 unspecified atom stereocenters. The summed E-state index contributed by atoms with van der Waals surface area (Å²) >= 11 is 0. The molecular weight excluding hydrogens is 242 g/mol. The Labute approximate surface area is 128 Å². The van der Waals surface area contributed by atoms with Crippen LogP contribution in [0.1, 0.15) is 105 Å². The van der Waals surface area contributed by atoms with E-state index >= 15 is 0 Å². The van der Waals surface area contributed by atoms with E-state index in [-0.39, 0.29) is 5.54 Å². The molecule has 120 valence electrons. The van der Waals surface area contributed by atoms with Crippen molar-refractivity contribution in [3.8, 4) is 0 Å². The van der Waals surface area contributed by atoms with E-state index in [9.17, 15) is 0 Å². The van der Waals surface area contributed by atoms with Gasteiger partial charge in [-0.05, 0) is 45.4 Å². The van der Waals surface area contributed by atoms with Crippen molar-refractivity contribution in [3.63, 3.8) is 0 Å². The van der Waals surface area contributed by atoms with E-state index < -0.39 is 0 Å². The molecule has 1 nitrogen and oxygen atoms in total. The first-order valence-corrected chi connectivity index (χ1v) is 9.22. The Balaban J connectivity index is 2.31. The fraction of sp³-hybridized carbons (Fsp3) is 1.00. The van der Waals surface area contributed by atoms with Gasteiger partial charge >= 0.3 is 0 Å². The van der Waals surface area contributed by atoms with Crippen molar-refractivity contribution >= 4 is 0 Å². The van der Waals surface area contributed by atoms with Crippen LogP contribution >= 0.6 is 0 Å². The summed E-state index contributed by atoms with van der Waals surface area (Å²) in [5.41, 5.74) is 0.891. The SMILES string of the molecule is CCCCCCCCC1(CNC(C)(C)C)CCCCC1. The summed E-state index contributed by atoms with van der Waals surface area (Å²) in [5.74, 6) is 0. The smallest absolute Gasteiger partial charge is 0.00967 e. The van der Waals surface area contributed by atoms with Crippen molar-refractivity contribution < 1.29 is 0 Å². The van der Waals surface area contributed by atoms with E-state index in [4.69, 9.17) is 0 Å². The number of rotatable bonds is 9. The molecule has 0 heterocycles. The van der Waals surface area contributed by atoms with E-state index in [0.717, 1.165) is 0 Å². The first-order valence-electron chi connectivity index (χ1n) is 9.22. The Morgan fingerprint density at radius 1 is 0.850 bits per heavy atom. The minimum atomic E-state index is 0.269. The average Bonchev–Trinajstić information content (AvgIpc) is 2.41. The average molecular weight is 282 g/mol. The normalized spacial score (nSPS) is 19.2. The first-order chi connectivity index (χ1) is 9.47. The molecule has 0 aromatic carbocycles. The molecule has 0 bridgehead atoms. The number of unbranched alkanes of at least 4 members (excludes halogenated alkanes) is 5. The second kappa shape index (κ2) is 9.07. The van der Waals surface area contributed by atoms with Gasteiger partial charge in [0.2, 0.25) is 0 Å². The van der Waals surface area contributed by atoms with Gasteiger partial charge in [-0.3, -0.25) is 0 Å². The maximum Gasteiger partial charge on any atom is 0.00967 e. The van der Waals surface area contributed by atoms with Crippen molar-refractivity contribution in [1.82, 2.24) is 5.32 Å². The number of nitrogens with one attached hydrogen (secondary N) is 1. The van der Waals surface area contributed by atoms with Gasteiger partial charge in [0.05, 0.1) is 0 Å². The van der Waals surface area contributed by atoms with Crippen molar-refractivity contribution in [2.75, 3.05) is 6.54 Å². The van der Waals surface area contributed by atoms with Crippen LogP contribution in [0.4, 0.5) is 0 Å². The van der Waals surface area contributed by atoms with E-state index in [1.54, 1.807) is 0 Å². The molecule has 1 fully saturated rings. The molecule has 0 amide bonds. The zero-order valence-corrected chi connectivity index (χ0v) is 14.7. The van der Waals surface area contributed by atoms with Gasteiger partial charge in [0, 0.05) is 12.1 Å². The Hall–Kier alpha value is -0.0400. The van der Waals surface area contributed by atoms with Gasteiger partial charge in [0.25, 0.3) is 0 Å². The summed E-state index contributed by atoms with van der Waals surface area (Å²) in [6.07, 6.45) is 17.4. The maximum atomic E-state index is 3.79. The largest absolute Gasteiger partial charge is 0.312 e. The summed E-state index contributed by atoms with van der Waals surface area (Å²) < 4.78 is 0. The van der Waals surface area contributed by atoms with Crippen LogP contribution in [0.5, 0.6) is 0 Å². The molecule has 0 aromatic rings. The van der Waals surface area contributed by atoms with Crippen molar-refractivity contribution in [1.29, 1.82) is 0 Å². The van der Waals surface area contributed by atoms with Gasteiger partial charge in [-0.15, -0.1) is 0 Å². The predicted octanol–water partition coefficient (Wildman–Crippen LogP) is 6.08. The van der Waals surface area contributed by atoms with Gasteiger partial charge in [0.1, 0.15) is 0 Å². The summed E-state index contributed by atoms with van der Waals surface area (Å²) in [5, 5.41) is 3.79. The highest BCUT2D eigenvalue weighted by molar-refractivity contribution is 4.87. The first kappa shape index (κ1) is 18.0. The molecular formula is C19H39N. The molecule has 0 aliphatic heterocycles. The molecule has 0 radical (unpaired) electrons. The fourth-order valence-corrected chi connectivity index (χ4v) is 3.55.